The number of carbonyl (C=O) groups is 1. The van der Waals surface area contributed by atoms with Crippen LogP contribution in [-0.4, -0.2) is 88.1 Å². The number of piperazine rings is 1. The highest BCUT2D eigenvalue weighted by atomic mass is 16.6. The van der Waals surface area contributed by atoms with Crippen LogP contribution in [0.2, 0.25) is 0 Å². The van der Waals surface area contributed by atoms with Crippen molar-refractivity contribution in [3.8, 4) is 0 Å². The number of carbonyl (C=O) groups excluding carboxylic acids is 1. The maximum Gasteiger partial charge on any atom is 0.409 e. The number of hydrogen-bond acceptors (Lipinski definition) is 10. The van der Waals surface area contributed by atoms with E-state index < -0.39 is 0 Å². The van der Waals surface area contributed by atoms with Crippen molar-refractivity contribution >= 4 is 40.6 Å². The molecule has 4 rings (SSSR count). The van der Waals surface area contributed by atoms with Crippen molar-refractivity contribution in [2.45, 2.75) is 33.1 Å². The molecule has 1 saturated heterocycles. The maximum atomic E-state index is 11.8. The summed E-state index contributed by atoms with van der Waals surface area (Å²) in [4.78, 5) is 25.2. The first-order valence-corrected chi connectivity index (χ1v) is 13.4. The Labute approximate surface area is 229 Å². The van der Waals surface area contributed by atoms with Crippen molar-refractivity contribution in [2.75, 3.05) is 51.2 Å². The lowest BCUT2D eigenvalue weighted by Gasteiger charge is -2.33. The molecule has 1 aliphatic rings. The Morgan fingerprint density at radius 2 is 1.95 bits per heavy atom. The summed E-state index contributed by atoms with van der Waals surface area (Å²) in [5.41, 5.74) is 4.13. The van der Waals surface area contributed by atoms with E-state index in [-0.39, 0.29) is 6.09 Å². The van der Waals surface area contributed by atoms with Gasteiger partial charge in [-0.15, -0.1) is 5.10 Å². The second-order valence-corrected chi connectivity index (χ2v) is 9.69. The molecular formula is C28H37N9O2. The van der Waals surface area contributed by atoms with Gasteiger partial charge < -0.3 is 25.7 Å². The average molecular weight is 532 g/mol. The van der Waals surface area contributed by atoms with E-state index in [9.17, 15) is 4.79 Å². The third-order valence-corrected chi connectivity index (χ3v) is 6.58. The molecule has 3 aromatic heterocycles. The highest BCUT2D eigenvalue weighted by Crippen LogP contribution is 2.21. The van der Waals surface area contributed by atoms with Gasteiger partial charge in [0.1, 0.15) is 5.82 Å². The number of amides is 1. The molecule has 206 valence electrons. The van der Waals surface area contributed by atoms with Crippen LogP contribution in [0.1, 0.15) is 44.2 Å². The van der Waals surface area contributed by atoms with E-state index in [0.29, 0.717) is 37.3 Å². The second kappa shape index (κ2) is 13.6. The van der Waals surface area contributed by atoms with Crippen LogP contribution in [-0.2, 0) is 4.74 Å². The Kier molecular flexibility index (Phi) is 9.74. The van der Waals surface area contributed by atoms with Crippen molar-refractivity contribution < 1.29 is 9.53 Å². The molecule has 1 fully saturated rings. The van der Waals surface area contributed by atoms with Gasteiger partial charge in [0.05, 0.1) is 23.8 Å². The predicted molar refractivity (Wildman–Crippen MR) is 153 cm³/mol. The van der Waals surface area contributed by atoms with Crippen LogP contribution in [0.15, 0.2) is 42.9 Å². The number of pyridine rings is 2. The van der Waals surface area contributed by atoms with Gasteiger partial charge in [0, 0.05) is 62.5 Å². The number of nitrogens with one attached hydrogen (secondary N) is 3. The van der Waals surface area contributed by atoms with Crippen molar-refractivity contribution in [1.82, 2.24) is 35.3 Å². The lowest BCUT2D eigenvalue weighted by molar-refractivity contribution is 0.0794. The lowest BCUT2D eigenvalue weighted by Crippen LogP contribution is -2.49. The predicted octanol–water partition coefficient (Wildman–Crippen LogP) is 4.03. The molecular weight excluding hydrogens is 494 g/mol. The Bertz CT molecular complexity index is 1300. The van der Waals surface area contributed by atoms with Gasteiger partial charge in [0.2, 0.25) is 0 Å². The average Bonchev–Trinajstić information content (AvgIpc) is 2.95. The third kappa shape index (κ3) is 7.70. The van der Waals surface area contributed by atoms with E-state index >= 15 is 0 Å². The molecule has 3 aromatic rings. The summed E-state index contributed by atoms with van der Waals surface area (Å²) in [7, 11) is 0. The molecule has 11 nitrogen and oxygen atoms in total. The van der Waals surface area contributed by atoms with E-state index in [0.717, 1.165) is 60.3 Å². The number of aromatic nitrogens is 4. The first-order chi connectivity index (χ1) is 19.0. The molecule has 0 spiro atoms. The van der Waals surface area contributed by atoms with Crippen LogP contribution in [0.4, 0.5) is 16.4 Å². The standard InChI is InChI=1S/C28H37N9O2/c1-4-39-28(38)37-12-10-36(11-13-37)9-5-8-30-17-23(16-29)22-14-25-24(31-18-22)6-7-26(33-25)34-27-15-21(20(2)3)19-32-35-27/h6-7,14-20,29-30H,4-5,8-13H2,1-3H3,(H,33,34,35)/b23-17+,29-16?. The number of anilines is 2. The van der Waals surface area contributed by atoms with Gasteiger partial charge >= 0.3 is 6.09 Å². The van der Waals surface area contributed by atoms with Crippen LogP contribution in [0.25, 0.3) is 16.6 Å². The molecule has 0 atom stereocenters. The first-order valence-electron chi connectivity index (χ1n) is 13.4. The number of ether oxygens (including phenoxy) is 1. The smallest absolute Gasteiger partial charge is 0.409 e. The summed E-state index contributed by atoms with van der Waals surface area (Å²) in [6.45, 7) is 11.3. The van der Waals surface area contributed by atoms with Gasteiger partial charge in [-0.1, -0.05) is 13.8 Å². The molecule has 1 amide bonds. The van der Waals surface area contributed by atoms with Crippen molar-refractivity contribution in [3.05, 3.63) is 54.0 Å². The van der Waals surface area contributed by atoms with Crippen LogP contribution < -0.4 is 10.6 Å². The van der Waals surface area contributed by atoms with Crippen molar-refractivity contribution in [1.29, 1.82) is 5.41 Å². The molecule has 3 N–H and O–H groups in total. The Morgan fingerprint density at radius 3 is 2.69 bits per heavy atom. The highest BCUT2D eigenvalue weighted by Gasteiger charge is 2.21. The molecule has 0 unspecified atom stereocenters. The van der Waals surface area contributed by atoms with Crippen LogP contribution in [0, 0.1) is 5.41 Å². The molecule has 4 heterocycles. The van der Waals surface area contributed by atoms with Gasteiger partial charge in [-0.2, -0.15) is 5.10 Å². The first kappa shape index (κ1) is 27.9. The van der Waals surface area contributed by atoms with Gasteiger partial charge in [-0.05, 0) is 55.6 Å². The zero-order chi connectivity index (χ0) is 27.6. The Morgan fingerprint density at radius 1 is 1.13 bits per heavy atom. The third-order valence-electron chi connectivity index (χ3n) is 6.58. The molecule has 11 heteroatoms. The van der Waals surface area contributed by atoms with Crippen molar-refractivity contribution in [2.24, 2.45) is 0 Å². The molecule has 1 aliphatic heterocycles. The Balaban J connectivity index is 1.31. The number of nitrogens with zero attached hydrogens (tertiary/aromatic N) is 6. The van der Waals surface area contributed by atoms with E-state index in [1.54, 1.807) is 17.3 Å². The zero-order valence-corrected chi connectivity index (χ0v) is 22.9. The quantitative estimate of drug-likeness (QED) is 0.248. The highest BCUT2D eigenvalue weighted by molar-refractivity contribution is 6.08. The molecule has 0 aliphatic carbocycles. The summed E-state index contributed by atoms with van der Waals surface area (Å²) in [6.07, 6.45) is 7.43. The number of hydrogen-bond donors (Lipinski definition) is 3. The maximum absolute atomic E-state index is 11.8. The van der Waals surface area contributed by atoms with E-state index in [2.05, 4.69) is 44.6 Å². The minimum atomic E-state index is -0.222. The van der Waals surface area contributed by atoms with Gasteiger partial charge in [0.15, 0.2) is 5.82 Å². The van der Waals surface area contributed by atoms with E-state index in [4.69, 9.17) is 15.1 Å². The minimum Gasteiger partial charge on any atom is -0.450 e. The molecule has 39 heavy (non-hydrogen) atoms. The summed E-state index contributed by atoms with van der Waals surface area (Å²) < 4.78 is 5.08. The minimum absolute atomic E-state index is 0.222. The van der Waals surface area contributed by atoms with Crippen molar-refractivity contribution in [3.63, 3.8) is 0 Å². The zero-order valence-electron chi connectivity index (χ0n) is 22.9. The lowest BCUT2D eigenvalue weighted by atomic mass is 10.1. The van der Waals surface area contributed by atoms with Gasteiger partial charge in [0.25, 0.3) is 0 Å². The van der Waals surface area contributed by atoms with E-state index in [1.165, 1.54) is 6.21 Å². The normalized spacial score (nSPS) is 14.5. The fourth-order valence-electron chi connectivity index (χ4n) is 4.29. The molecule has 0 saturated carbocycles. The summed E-state index contributed by atoms with van der Waals surface area (Å²) in [5, 5.41) is 22.7. The Hall–Kier alpha value is -4.12. The molecule has 0 radical (unpaired) electrons. The number of rotatable bonds is 11. The topological polar surface area (TPSA) is 132 Å². The van der Waals surface area contributed by atoms with Crippen LogP contribution in [0.5, 0.6) is 0 Å². The van der Waals surface area contributed by atoms with Crippen LogP contribution >= 0.6 is 0 Å². The summed E-state index contributed by atoms with van der Waals surface area (Å²) in [5.74, 6) is 1.64. The monoisotopic (exact) mass is 531 g/mol. The second-order valence-electron chi connectivity index (χ2n) is 9.69. The SMILES string of the molecule is CCOC(=O)N1CCN(CCCN/C=C(\C=N)c2cnc3ccc(Nc4cc(C(C)C)cnn4)nc3c2)CC1. The fraction of sp³-hybridized carbons (Fsp3) is 0.429. The largest absolute Gasteiger partial charge is 0.450 e. The van der Waals surface area contributed by atoms with E-state index in [1.807, 2.05) is 37.4 Å². The number of fused-ring (bicyclic) bond motifs is 1. The van der Waals surface area contributed by atoms with Crippen LogP contribution in [0.3, 0.4) is 0 Å². The number of allylic oxidation sites excluding steroid dienone is 1. The van der Waals surface area contributed by atoms with Gasteiger partial charge in [-0.3, -0.25) is 9.88 Å². The fourth-order valence-corrected chi connectivity index (χ4v) is 4.29. The van der Waals surface area contributed by atoms with Gasteiger partial charge in [-0.25, -0.2) is 9.78 Å². The molecule has 0 bridgehead atoms. The summed E-state index contributed by atoms with van der Waals surface area (Å²) >= 11 is 0. The molecule has 0 aromatic carbocycles. The summed E-state index contributed by atoms with van der Waals surface area (Å²) in [6, 6.07) is 7.69.